The zero-order valence-corrected chi connectivity index (χ0v) is 8.73. The van der Waals surface area contributed by atoms with Crippen LogP contribution in [-0.2, 0) is 0 Å². The number of hydrogen-bond acceptors (Lipinski definition) is 1. The lowest BCUT2D eigenvalue weighted by atomic mass is 10.1. The summed E-state index contributed by atoms with van der Waals surface area (Å²) in [5, 5.41) is 0.778. The predicted molar refractivity (Wildman–Crippen MR) is 58.9 cm³/mol. The topological polar surface area (TPSA) is 26.0 Å². The minimum Gasteiger partial charge on any atom is -0.327 e. The van der Waals surface area contributed by atoms with Crippen LogP contribution in [0.15, 0.2) is 23.8 Å². The molecule has 0 aliphatic heterocycles. The molecule has 0 atom stereocenters. The van der Waals surface area contributed by atoms with Crippen molar-refractivity contribution >= 4 is 17.7 Å². The molecule has 0 radical (unpaired) electrons. The smallest absolute Gasteiger partial charge is 0.0409 e. The second-order valence-electron chi connectivity index (χ2n) is 3.20. The van der Waals surface area contributed by atoms with E-state index in [1.807, 2.05) is 32.0 Å². The number of nitrogens with two attached hydrogens (primary N) is 1. The number of halogens is 1. The third-order valence-corrected chi connectivity index (χ3v) is 2.19. The van der Waals surface area contributed by atoms with E-state index in [2.05, 4.69) is 6.08 Å². The summed E-state index contributed by atoms with van der Waals surface area (Å²) in [5.74, 6) is 0. The Hall–Kier alpha value is -0.790. The van der Waals surface area contributed by atoms with Gasteiger partial charge in [0, 0.05) is 11.6 Å². The van der Waals surface area contributed by atoms with E-state index in [0.29, 0.717) is 6.54 Å². The van der Waals surface area contributed by atoms with Gasteiger partial charge in [-0.2, -0.15) is 0 Å². The third kappa shape index (κ3) is 2.87. The number of rotatable bonds is 2. The molecule has 0 aliphatic rings. The average Bonchev–Trinajstić information content (AvgIpc) is 2.09. The van der Waals surface area contributed by atoms with Crippen molar-refractivity contribution in [3.8, 4) is 0 Å². The van der Waals surface area contributed by atoms with Gasteiger partial charge in [0.1, 0.15) is 0 Å². The molecule has 0 fully saturated rings. The van der Waals surface area contributed by atoms with Gasteiger partial charge in [0.2, 0.25) is 0 Å². The van der Waals surface area contributed by atoms with E-state index < -0.39 is 0 Å². The van der Waals surface area contributed by atoms with E-state index in [-0.39, 0.29) is 0 Å². The van der Waals surface area contributed by atoms with Crippen LogP contribution in [-0.4, -0.2) is 6.54 Å². The summed E-state index contributed by atoms with van der Waals surface area (Å²) in [4.78, 5) is 0. The highest BCUT2D eigenvalue weighted by Crippen LogP contribution is 2.17. The number of hydrogen-bond donors (Lipinski definition) is 1. The maximum atomic E-state index is 5.84. The van der Waals surface area contributed by atoms with Gasteiger partial charge in [-0.1, -0.05) is 29.3 Å². The van der Waals surface area contributed by atoms with E-state index in [1.54, 1.807) is 0 Å². The number of aryl methyl sites for hydroxylation is 1. The second-order valence-corrected chi connectivity index (χ2v) is 3.63. The fourth-order valence-electron chi connectivity index (χ4n) is 1.13. The van der Waals surface area contributed by atoms with Crippen LogP contribution in [0.25, 0.3) is 6.08 Å². The Balaban J connectivity index is 3.03. The molecule has 0 bridgehead atoms. The van der Waals surface area contributed by atoms with Crippen molar-refractivity contribution in [3.05, 3.63) is 39.9 Å². The molecular formula is C11H14ClN. The first-order chi connectivity index (χ1) is 6.13. The highest BCUT2D eigenvalue weighted by atomic mass is 35.5. The van der Waals surface area contributed by atoms with Gasteiger partial charge in [0.05, 0.1) is 0 Å². The van der Waals surface area contributed by atoms with Crippen LogP contribution in [0.1, 0.15) is 18.1 Å². The minimum atomic E-state index is 0.599. The molecular weight excluding hydrogens is 182 g/mol. The molecule has 1 aromatic carbocycles. The molecule has 0 unspecified atom stereocenters. The van der Waals surface area contributed by atoms with E-state index in [4.69, 9.17) is 17.3 Å². The lowest BCUT2D eigenvalue weighted by molar-refractivity contribution is 1.15. The van der Waals surface area contributed by atoms with E-state index >= 15 is 0 Å². The summed E-state index contributed by atoms with van der Waals surface area (Å²) in [6.45, 7) is 4.66. The van der Waals surface area contributed by atoms with Gasteiger partial charge in [-0.3, -0.25) is 0 Å². The van der Waals surface area contributed by atoms with Crippen LogP contribution in [0.3, 0.4) is 0 Å². The molecule has 0 saturated heterocycles. The summed E-state index contributed by atoms with van der Waals surface area (Å²) in [6.07, 6.45) is 2.09. The van der Waals surface area contributed by atoms with Crippen molar-refractivity contribution in [2.45, 2.75) is 13.8 Å². The van der Waals surface area contributed by atoms with E-state index in [9.17, 15) is 0 Å². The van der Waals surface area contributed by atoms with Crippen molar-refractivity contribution in [1.82, 2.24) is 0 Å². The van der Waals surface area contributed by atoms with Gasteiger partial charge in [-0.25, -0.2) is 0 Å². The van der Waals surface area contributed by atoms with Crippen LogP contribution in [0.5, 0.6) is 0 Å². The summed E-state index contributed by atoms with van der Waals surface area (Å²) in [6, 6.07) is 5.86. The molecule has 0 aromatic heterocycles. The SMILES string of the molecule is C/C(=C\c1ccc(Cl)cc1C)CN. The van der Waals surface area contributed by atoms with Crippen molar-refractivity contribution in [2.24, 2.45) is 5.73 Å². The normalized spacial score (nSPS) is 11.8. The first-order valence-electron chi connectivity index (χ1n) is 4.27. The summed E-state index contributed by atoms with van der Waals surface area (Å²) >= 11 is 5.84. The maximum Gasteiger partial charge on any atom is 0.0409 e. The Bertz CT molecular complexity index is 329. The molecule has 13 heavy (non-hydrogen) atoms. The van der Waals surface area contributed by atoms with Crippen molar-refractivity contribution < 1.29 is 0 Å². The Morgan fingerprint density at radius 2 is 2.23 bits per heavy atom. The van der Waals surface area contributed by atoms with Gasteiger partial charge in [0.25, 0.3) is 0 Å². The third-order valence-electron chi connectivity index (χ3n) is 1.96. The van der Waals surface area contributed by atoms with Crippen molar-refractivity contribution in [2.75, 3.05) is 6.54 Å². The van der Waals surface area contributed by atoms with Crippen LogP contribution in [0, 0.1) is 6.92 Å². The zero-order valence-electron chi connectivity index (χ0n) is 7.97. The summed E-state index contributed by atoms with van der Waals surface area (Å²) in [5.41, 5.74) is 9.05. The maximum absolute atomic E-state index is 5.84. The van der Waals surface area contributed by atoms with Crippen LogP contribution < -0.4 is 5.73 Å². The number of benzene rings is 1. The molecule has 0 saturated carbocycles. The molecule has 1 aromatic rings. The molecule has 0 spiro atoms. The quantitative estimate of drug-likeness (QED) is 0.772. The van der Waals surface area contributed by atoms with Gasteiger partial charge >= 0.3 is 0 Å². The Kier molecular flexibility index (Phi) is 3.52. The monoisotopic (exact) mass is 195 g/mol. The molecule has 70 valence electrons. The Labute approximate surface area is 84.2 Å². The minimum absolute atomic E-state index is 0.599. The molecule has 1 rings (SSSR count). The molecule has 2 heteroatoms. The lowest BCUT2D eigenvalue weighted by Gasteiger charge is -2.02. The van der Waals surface area contributed by atoms with Gasteiger partial charge < -0.3 is 5.73 Å². The molecule has 0 aliphatic carbocycles. The molecule has 2 N–H and O–H groups in total. The largest absolute Gasteiger partial charge is 0.327 e. The van der Waals surface area contributed by atoms with Gasteiger partial charge in [0.15, 0.2) is 0 Å². The predicted octanol–water partition coefficient (Wildman–Crippen LogP) is 3.01. The Morgan fingerprint density at radius 3 is 2.77 bits per heavy atom. The summed E-state index contributed by atoms with van der Waals surface area (Å²) in [7, 11) is 0. The highest BCUT2D eigenvalue weighted by Gasteiger charge is 1.96. The molecule has 1 nitrogen and oxygen atoms in total. The van der Waals surface area contributed by atoms with Crippen molar-refractivity contribution in [1.29, 1.82) is 0 Å². The first-order valence-corrected chi connectivity index (χ1v) is 4.64. The summed E-state index contributed by atoms with van der Waals surface area (Å²) < 4.78 is 0. The van der Waals surface area contributed by atoms with Crippen LogP contribution >= 0.6 is 11.6 Å². The molecule has 0 heterocycles. The van der Waals surface area contributed by atoms with E-state index in [1.165, 1.54) is 16.7 Å². The fraction of sp³-hybridized carbons (Fsp3) is 0.273. The average molecular weight is 196 g/mol. The highest BCUT2D eigenvalue weighted by molar-refractivity contribution is 6.30. The van der Waals surface area contributed by atoms with E-state index in [0.717, 1.165) is 5.02 Å². The standard InChI is InChI=1S/C11H14ClN/c1-8(7-13)5-10-3-4-11(12)6-9(10)2/h3-6H,7,13H2,1-2H3/b8-5+. The second kappa shape index (κ2) is 4.45. The van der Waals surface area contributed by atoms with Gasteiger partial charge in [-0.15, -0.1) is 0 Å². The first kappa shape index (κ1) is 10.3. The Morgan fingerprint density at radius 1 is 1.54 bits per heavy atom. The fourth-order valence-corrected chi connectivity index (χ4v) is 1.35. The van der Waals surface area contributed by atoms with Crippen molar-refractivity contribution in [3.63, 3.8) is 0 Å². The van der Waals surface area contributed by atoms with Crippen LogP contribution in [0.2, 0.25) is 5.02 Å². The lowest BCUT2D eigenvalue weighted by Crippen LogP contribution is -1.99. The molecule has 0 amide bonds. The zero-order chi connectivity index (χ0) is 9.84. The van der Waals surface area contributed by atoms with Gasteiger partial charge in [-0.05, 0) is 37.1 Å². The van der Waals surface area contributed by atoms with Crippen LogP contribution in [0.4, 0.5) is 0 Å².